The molecule has 2 nitrogen and oxygen atoms in total. The van der Waals surface area contributed by atoms with Gasteiger partial charge in [0.2, 0.25) is 5.91 Å². The molecule has 1 heterocycles. The molecule has 0 saturated carbocycles. The summed E-state index contributed by atoms with van der Waals surface area (Å²) < 4.78 is 0. The molecule has 1 unspecified atom stereocenters. The molecule has 1 aromatic rings. The molecule has 0 spiro atoms. The molecule has 1 aliphatic rings. The van der Waals surface area contributed by atoms with Crippen molar-refractivity contribution in [2.45, 2.75) is 25.1 Å². The summed E-state index contributed by atoms with van der Waals surface area (Å²) in [6.07, 6.45) is 1.48. The summed E-state index contributed by atoms with van der Waals surface area (Å²) >= 11 is 13.9. The Hall–Kier alpha value is -0.380. The SMILES string of the molecule is CCCC(=O)N1CCSC1c1ccc(Cl)cc1Cl. The minimum Gasteiger partial charge on any atom is -0.326 e. The maximum Gasteiger partial charge on any atom is 0.223 e. The van der Waals surface area contributed by atoms with Gasteiger partial charge in [-0.2, -0.15) is 0 Å². The van der Waals surface area contributed by atoms with Crippen LogP contribution in [-0.2, 0) is 4.79 Å². The van der Waals surface area contributed by atoms with Crippen molar-refractivity contribution in [1.29, 1.82) is 0 Å². The van der Waals surface area contributed by atoms with E-state index in [4.69, 9.17) is 23.2 Å². The molecule has 1 saturated heterocycles. The first-order valence-corrected chi connectivity index (χ1v) is 7.80. The molecule has 18 heavy (non-hydrogen) atoms. The van der Waals surface area contributed by atoms with Crippen molar-refractivity contribution in [3.8, 4) is 0 Å². The molecule has 1 atom stereocenters. The average molecular weight is 304 g/mol. The third-order valence-corrected chi connectivity index (χ3v) is 4.71. The van der Waals surface area contributed by atoms with Gasteiger partial charge >= 0.3 is 0 Å². The van der Waals surface area contributed by atoms with Gasteiger partial charge in [0.05, 0.1) is 0 Å². The monoisotopic (exact) mass is 303 g/mol. The van der Waals surface area contributed by atoms with Crippen molar-refractivity contribution in [1.82, 2.24) is 4.90 Å². The van der Waals surface area contributed by atoms with Crippen LogP contribution in [-0.4, -0.2) is 23.1 Å². The fourth-order valence-corrected chi connectivity index (χ4v) is 3.93. The molecule has 0 bridgehead atoms. The van der Waals surface area contributed by atoms with Gasteiger partial charge in [0.25, 0.3) is 0 Å². The highest BCUT2D eigenvalue weighted by atomic mass is 35.5. The molecule has 98 valence electrons. The maximum absolute atomic E-state index is 12.1. The minimum atomic E-state index is 0.0359. The Bertz CT molecular complexity index is 453. The lowest BCUT2D eigenvalue weighted by molar-refractivity contribution is -0.131. The van der Waals surface area contributed by atoms with E-state index in [-0.39, 0.29) is 11.3 Å². The van der Waals surface area contributed by atoms with Crippen LogP contribution in [0.5, 0.6) is 0 Å². The second-order valence-electron chi connectivity index (χ2n) is 4.23. The Balaban J connectivity index is 2.23. The molecule has 0 aromatic heterocycles. The lowest BCUT2D eigenvalue weighted by Gasteiger charge is -2.24. The molecule has 0 N–H and O–H groups in total. The van der Waals surface area contributed by atoms with Crippen molar-refractivity contribution in [2.75, 3.05) is 12.3 Å². The van der Waals surface area contributed by atoms with Crippen molar-refractivity contribution in [2.24, 2.45) is 0 Å². The third-order valence-electron chi connectivity index (χ3n) is 2.90. The predicted molar refractivity (Wildman–Crippen MR) is 78.3 cm³/mol. The number of benzene rings is 1. The van der Waals surface area contributed by atoms with Crippen molar-refractivity contribution >= 4 is 40.9 Å². The van der Waals surface area contributed by atoms with Crippen LogP contribution < -0.4 is 0 Å². The molecule has 5 heteroatoms. The highest BCUT2D eigenvalue weighted by molar-refractivity contribution is 7.99. The number of amides is 1. The van der Waals surface area contributed by atoms with Gasteiger partial charge in [-0.15, -0.1) is 11.8 Å². The van der Waals surface area contributed by atoms with Crippen LogP contribution in [0.4, 0.5) is 0 Å². The second kappa shape index (κ2) is 6.18. The zero-order valence-corrected chi connectivity index (χ0v) is 12.5. The van der Waals surface area contributed by atoms with E-state index in [0.717, 1.165) is 24.3 Å². The van der Waals surface area contributed by atoms with Crippen LogP contribution in [0.25, 0.3) is 0 Å². The first-order chi connectivity index (χ1) is 8.63. The number of halogens is 2. The van der Waals surface area contributed by atoms with Gasteiger partial charge in [0.1, 0.15) is 5.37 Å². The number of hydrogen-bond donors (Lipinski definition) is 0. The second-order valence-corrected chi connectivity index (χ2v) is 6.26. The summed E-state index contributed by atoms with van der Waals surface area (Å²) in [4.78, 5) is 14.0. The van der Waals surface area contributed by atoms with Crippen LogP contribution in [0.15, 0.2) is 18.2 Å². The standard InChI is InChI=1S/C13H15Cl2NOS/c1-2-3-12(17)16-6-7-18-13(16)10-5-4-9(14)8-11(10)15/h4-5,8,13H,2-3,6-7H2,1H3. The molecule has 0 radical (unpaired) electrons. The number of thioether (sulfide) groups is 1. The molecular weight excluding hydrogens is 289 g/mol. The van der Waals surface area contributed by atoms with Crippen LogP contribution >= 0.6 is 35.0 Å². The number of carbonyl (C=O) groups is 1. The summed E-state index contributed by atoms with van der Waals surface area (Å²) in [5.41, 5.74) is 0.980. The van der Waals surface area contributed by atoms with Gasteiger partial charge in [0, 0.05) is 34.3 Å². The van der Waals surface area contributed by atoms with Crippen molar-refractivity contribution in [3.63, 3.8) is 0 Å². The normalized spacial score (nSPS) is 19.3. The van der Waals surface area contributed by atoms with Gasteiger partial charge in [-0.25, -0.2) is 0 Å². The number of hydrogen-bond acceptors (Lipinski definition) is 2. The first kappa shape index (κ1) is 14.0. The Labute approximate surface area is 122 Å². The predicted octanol–water partition coefficient (Wildman–Crippen LogP) is 4.37. The zero-order valence-electron chi connectivity index (χ0n) is 10.2. The van der Waals surface area contributed by atoms with Gasteiger partial charge in [-0.3, -0.25) is 4.79 Å². The maximum atomic E-state index is 12.1. The van der Waals surface area contributed by atoms with E-state index in [9.17, 15) is 4.79 Å². The summed E-state index contributed by atoms with van der Waals surface area (Å²) in [6.45, 7) is 2.82. The molecule has 1 aliphatic heterocycles. The largest absolute Gasteiger partial charge is 0.326 e. The summed E-state index contributed by atoms with van der Waals surface area (Å²) in [6, 6.07) is 5.48. The Kier molecular flexibility index (Phi) is 4.82. The molecular formula is C13H15Cl2NOS. The molecule has 2 rings (SSSR count). The first-order valence-electron chi connectivity index (χ1n) is 5.99. The van der Waals surface area contributed by atoms with E-state index in [1.807, 2.05) is 24.0 Å². The summed E-state index contributed by atoms with van der Waals surface area (Å²) in [5.74, 6) is 1.16. The highest BCUT2D eigenvalue weighted by Gasteiger charge is 2.31. The van der Waals surface area contributed by atoms with Crippen LogP contribution in [0.2, 0.25) is 10.0 Å². The van der Waals surface area contributed by atoms with Crippen LogP contribution in [0.3, 0.4) is 0 Å². The number of nitrogens with zero attached hydrogens (tertiary/aromatic N) is 1. The smallest absolute Gasteiger partial charge is 0.223 e. The van der Waals surface area contributed by atoms with Gasteiger partial charge in [-0.1, -0.05) is 36.2 Å². The molecule has 0 aliphatic carbocycles. The van der Waals surface area contributed by atoms with Gasteiger partial charge in [-0.05, 0) is 18.6 Å². The lowest BCUT2D eigenvalue weighted by Crippen LogP contribution is -2.30. The topological polar surface area (TPSA) is 20.3 Å². The van der Waals surface area contributed by atoms with Crippen LogP contribution in [0.1, 0.15) is 30.7 Å². The van der Waals surface area contributed by atoms with E-state index in [2.05, 4.69) is 0 Å². The van der Waals surface area contributed by atoms with Crippen molar-refractivity contribution < 1.29 is 4.79 Å². The lowest BCUT2D eigenvalue weighted by atomic mass is 10.2. The number of rotatable bonds is 3. The van der Waals surface area contributed by atoms with E-state index in [1.165, 1.54) is 0 Å². The fraction of sp³-hybridized carbons (Fsp3) is 0.462. The molecule has 1 aromatic carbocycles. The highest BCUT2D eigenvalue weighted by Crippen LogP contribution is 2.41. The molecule has 1 fully saturated rings. The fourth-order valence-electron chi connectivity index (χ4n) is 2.04. The minimum absolute atomic E-state index is 0.0359. The average Bonchev–Trinajstić information content (AvgIpc) is 2.78. The van der Waals surface area contributed by atoms with E-state index in [0.29, 0.717) is 16.5 Å². The molecule has 1 amide bonds. The van der Waals surface area contributed by atoms with Gasteiger partial charge < -0.3 is 4.90 Å². The summed E-state index contributed by atoms with van der Waals surface area (Å²) in [5, 5.41) is 1.29. The Morgan fingerprint density at radius 3 is 2.94 bits per heavy atom. The zero-order chi connectivity index (χ0) is 13.1. The third kappa shape index (κ3) is 2.95. The number of carbonyl (C=O) groups excluding carboxylic acids is 1. The Morgan fingerprint density at radius 2 is 2.28 bits per heavy atom. The van der Waals surface area contributed by atoms with E-state index < -0.39 is 0 Å². The Morgan fingerprint density at radius 1 is 1.50 bits per heavy atom. The van der Waals surface area contributed by atoms with Crippen molar-refractivity contribution in [3.05, 3.63) is 33.8 Å². The quantitative estimate of drug-likeness (QED) is 0.826. The van der Waals surface area contributed by atoms with E-state index in [1.54, 1.807) is 17.8 Å². The summed E-state index contributed by atoms with van der Waals surface area (Å²) in [7, 11) is 0. The van der Waals surface area contributed by atoms with Gasteiger partial charge in [0.15, 0.2) is 0 Å². The van der Waals surface area contributed by atoms with E-state index >= 15 is 0 Å². The van der Waals surface area contributed by atoms with Crippen LogP contribution in [0, 0.1) is 0 Å².